The zero-order valence-electron chi connectivity index (χ0n) is 12.3. The highest BCUT2D eigenvalue weighted by molar-refractivity contribution is 7.88. The lowest BCUT2D eigenvalue weighted by atomic mass is 9.94. The van der Waals surface area contributed by atoms with Gasteiger partial charge >= 0.3 is 0 Å². The van der Waals surface area contributed by atoms with E-state index in [2.05, 4.69) is 9.82 Å². The number of rotatable bonds is 4. The molecule has 1 aromatic carbocycles. The second kappa shape index (κ2) is 5.81. The number of benzene rings is 1. The monoisotopic (exact) mass is 323 g/mol. The summed E-state index contributed by atoms with van der Waals surface area (Å²) in [5.74, 6) is -0.527. The summed E-state index contributed by atoms with van der Waals surface area (Å²) in [4.78, 5) is 0. The first kappa shape index (κ1) is 15.2. The van der Waals surface area contributed by atoms with Crippen LogP contribution in [-0.4, -0.2) is 18.2 Å². The molecule has 1 aliphatic carbocycles. The zero-order chi connectivity index (χ0) is 15.7. The van der Waals surface area contributed by atoms with E-state index in [9.17, 15) is 12.8 Å². The molecule has 118 valence electrons. The minimum atomic E-state index is -3.49. The van der Waals surface area contributed by atoms with Crippen molar-refractivity contribution in [1.82, 2.24) is 14.5 Å². The molecule has 0 fully saturated rings. The highest BCUT2D eigenvalue weighted by Crippen LogP contribution is 2.29. The Labute approximate surface area is 129 Å². The van der Waals surface area contributed by atoms with Gasteiger partial charge in [-0.1, -0.05) is 12.1 Å². The predicted molar refractivity (Wildman–Crippen MR) is 81.0 cm³/mol. The highest BCUT2D eigenvalue weighted by Gasteiger charge is 2.27. The molecule has 1 aromatic heterocycles. The van der Waals surface area contributed by atoms with E-state index in [1.54, 1.807) is 4.68 Å². The zero-order valence-corrected chi connectivity index (χ0v) is 13.1. The quantitative estimate of drug-likeness (QED) is 0.937. The van der Waals surface area contributed by atoms with Crippen LogP contribution in [0.4, 0.5) is 4.39 Å². The predicted octanol–water partition coefficient (Wildman–Crippen LogP) is 2.06. The molecule has 0 saturated carbocycles. The molecule has 22 heavy (non-hydrogen) atoms. The van der Waals surface area contributed by atoms with Crippen molar-refractivity contribution in [3.8, 4) is 0 Å². The summed E-state index contributed by atoms with van der Waals surface area (Å²) in [7, 11) is -1.65. The molecule has 0 bridgehead atoms. The number of aromatic nitrogens is 2. The van der Waals surface area contributed by atoms with Crippen LogP contribution in [0.5, 0.6) is 0 Å². The smallest absolute Gasteiger partial charge is 0.216 e. The summed E-state index contributed by atoms with van der Waals surface area (Å²) in [6.45, 7) is 0. The van der Waals surface area contributed by atoms with Crippen molar-refractivity contribution < 1.29 is 12.8 Å². The van der Waals surface area contributed by atoms with Gasteiger partial charge in [-0.15, -0.1) is 0 Å². The fourth-order valence-electron chi connectivity index (χ4n) is 2.85. The van der Waals surface area contributed by atoms with E-state index >= 15 is 0 Å². The van der Waals surface area contributed by atoms with Gasteiger partial charge in [0.25, 0.3) is 0 Å². The van der Waals surface area contributed by atoms with Gasteiger partial charge in [-0.05, 0) is 37.0 Å². The fraction of sp³-hybridized carbons (Fsp3) is 0.400. The Kier molecular flexibility index (Phi) is 4.01. The number of hydrogen-bond donors (Lipinski definition) is 1. The van der Waals surface area contributed by atoms with E-state index in [-0.39, 0.29) is 17.6 Å². The maximum atomic E-state index is 12.9. The average molecular weight is 323 g/mol. The van der Waals surface area contributed by atoms with Crippen molar-refractivity contribution in [3.05, 3.63) is 53.1 Å². The van der Waals surface area contributed by atoms with Crippen LogP contribution in [0.1, 0.15) is 35.7 Å². The van der Waals surface area contributed by atoms with Crippen LogP contribution < -0.4 is 4.72 Å². The van der Waals surface area contributed by atoms with Gasteiger partial charge in [-0.2, -0.15) is 5.10 Å². The van der Waals surface area contributed by atoms with Crippen molar-refractivity contribution in [3.63, 3.8) is 0 Å². The normalized spacial score (nSPS) is 18.2. The maximum Gasteiger partial charge on any atom is 0.216 e. The molecule has 1 atom stereocenters. The number of nitrogens with zero attached hydrogens (tertiary/aromatic N) is 2. The van der Waals surface area contributed by atoms with Crippen molar-refractivity contribution >= 4 is 10.0 Å². The van der Waals surface area contributed by atoms with Gasteiger partial charge in [0, 0.05) is 18.8 Å². The van der Waals surface area contributed by atoms with Gasteiger partial charge in [0.1, 0.15) is 5.82 Å². The van der Waals surface area contributed by atoms with Gasteiger partial charge < -0.3 is 0 Å². The van der Waals surface area contributed by atoms with E-state index in [0.717, 1.165) is 30.5 Å². The van der Waals surface area contributed by atoms with Crippen LogP contribution >= 0.6 is 0 Å². The topological polar surface area (TPSA) is 64.0 Å². The lowest BCUT2D eigenvalue weighted by Crippen LogP contribution is -2.31. The van der Waals surface area contributed by atoms with Crippen molar-refractivity contribution in [1.29, 1.82) is 0 Å². The Bertz CT molecular complexity index is 769. The summed E-state index contributed by atoms with van der Waals surface area (Å²) in [6.07, 6.45) is 4.43. The molecular formula is C15H18FN3O2S. The van der Waals surface area contributed by atoms with Gasteiger partial charge in [0.15, 0.2) is 0 Å². The van der Waals surface area contributed by atoms with Gasteiger partial charge in [-0.3, -0.25) is 4.68 Å². The highest BCUT2D eigenvalue weighted by atomic mass is 32.2. The molecule has 0 radical (unpaired) electrons. The molecule has 0 spiro atoms. The van der Waals surface area contributed by atoms with Crippen molar-refractivity contribution in [2.45, 2.75) is 31.1 Å². The Morgan fingerprint density at radius 3 is 2.82 bits per heavy atom. The second-order valence-corrected chi connectivity index (χ2v) is 7.41. The first-order chi connectivity index (χ1) is 10.4. The average Bonchev–Trinajstić information content (AvgIpc) is 2.82. The number of hydrogen-bond acceptors (Lipinski definition) is 3. The van der Waals surface area contributed by atoms with E-state index in [1.807, 2.05) is 13.2 Å². The van der Waals surface area contributed by atoms with E-state index in [1.165, 1.54) is 24.3 Å². The number of sulfonamides is 1. The Morgan fingerprint density at radius 1 is 1.36 bits per heavy atom. The van der Waals surface area contributed by atoms with E-state index in [0.29, 0.717) is 5.56 Å². The van der Waals surface area contributed by atoms with Crippen LogP contribution in [0, 0.1) is 5.82 Å². The fourth-order valence-corrected chi connectivity index (χ4v) is 4.24. The first-order valence-electron chi connectivity index (χ1n) is 7.20. The van der Waals surface area contributed by atoms with Crippen LogP contribution in [-0.2, 0) is 29.2 Å². The van der Waals surface area contributed by atoms with Crippen molar-refractivity contribution in [2.75, 3.05) is 0 Å². The Hall–Kier alpha value is -1.73. The number of halogens is 1. The Morgan fingerprint density at radius 2 is 2.09 bits per heavy atom. The first-order valence-corrected chi connectivity index (χ1v) is 8.85. The molecule has 1 heterocycles. The number of nitrogens with one attached hydrogen (secondary N) is 1. The molecule has 1 aliphatic rings. The summed E-state index contributed by atoms with van der Waals surface area (Å²) < 4.78 is 42.0. The molecule has 0 saturated heterocycles. The molecule has 7 heteroatoms. The second-order valence-electron chi connectivity index (χ2n) is 5.65. The lowest BCUT2D eigenvalue weighted by molar-refractivity contribution is 0.505. The van der Waals surface area contributed by atoms with Crippen LogP contribution in [0.25, 0.3) is 0 Å². The number of fused-ring (bicyclic) bond motifs is 1. The third-order valence-electron chi connectivity index (χ3n) is 3.81. The van der Waals surface area contributed by atoms with Crippen LogP contribution in [0.15, 0.2) is 30.5 Å². The molecule has 2 aromatic rings. The van der Waals surface area contributed by atoms with E-state index < -0.39 is 10.0 Å². The van der Waals surface area contributed by atoms with Gasteiger partial charge in [0.2, 0.25) is 10.0 Å². The summed E-state index contributed by atoms with van der Waals surface area (Å²) in [5.41, 5.74) is 2.48. The minimum absolute atomic E-state index is 0.153. The van der Waals surface area contributed by atoms with Gasteiger partial charge in [-0.25, -0.2) is 17.5 Å². The minimum Gasteiger partial charge on any atom is -0.275 e. The Balaban J connectivity index is 1.76. The standard InChI is InChI=1S/C15H18FN3O2S/c1-19-9-13-14(17-19)3-2-4-15(13)18-22(20,21)10-11-5-7-12(16)8-6-11/h5-9,15,18H,2-4,10H2,1H3. The third kappa shape index (κ3) is 3.36. The molecule has 0 amide bonds. The van der Waals surface area contributed by atoms with Crippen LogP contribution in [0.3, 0.4) is 0 Å². The summed E-state index contributed by atoms with van der Waals surface area (Å²) in [5, 5.41) is 4.37. The van der Waals surface area contributed by atoms with E-state index in [4.69, 9.17) is 0 Å². The maximum absolute atomic E-state index is 12.9. The largest absolute Gasteiger partial charge is 0.275 e. The molecule has 5 nitrogen and oxygen atoms in total. The molecular weight excluding hydrogens is 305 g/mol. The third-order valence-corrected chi connectivity index (χ3v) is 5.17. The van der Waals surface area contributed by atoms with Crippen molar-refractivity contribution in [2.24, 2.45) is 7.05 Å². The molecule has 3 rings (SSSR count). The molecule has 0 aliphatic heterocycles. The van der Waals surface area contributed by atoms with Gasteiger partial charge in [0.05, 0.1) is 17.5 Å². The lowest BCUT2D eigenvalue weighted by Gasteiger charge is -2.22. The summed E-state index contributed by atoms with van der Waals surface area (Å²) >= 11 is 0. The summed E-state index contributed by atoms with van der Waals surface area (Å²) in [6, 6.07) is 5.29. The SMILES string of the molecule is Cn1cc2c(n1)CCCC2NS(=O)(=O)Cc1ccc(F)cc1. The number of aryl methyl sites for hydroxylation is 2. The molecule has 1 unspecified atom stereocenters. The molecule has 1 N–H and O–H groups in total. The van der Waals surface area contributed by atoms with Crippen LogP contribution in [0.2, 0.25) is 0 Å².